The van der Waals surface area contributed by atoms with Crippen LogP contribution in [0.5, 0.6) is 5.75 Å². The Morgan fingerprint density at radius 3 is 2.50 bits per heavy atom. The number of ether oxygens (including phenoxy) is 2. The van der Waals surface area contributed by atoms with Gasteiger partial charge < -0.3 is 30.3 Å². The number of nitrogens with one attached hydrogen (secondary N) is 2. The molecule has 1 atom stereocenters. The fourth-order valence-electron chi connectivity index (χ4n) is 2.26. The summed E-state index contributed by atoms with van der Waals surface area (Å²) in [5.41, 5.74) is 0.975. The number of carboxylic acids is 2. The Labute approximate surface area is 151 Å². The van der Waals surface area contributed by atoms with E-state index in [9.17, 15) is 4.79 Å². The van der Waals surface area contributed by atoms with Crippen molar-refractivity contribution < 1.29 is 34.1 Å². The van der Waals surface area contributed by atoms with Crippen LogP contribution in [0.4, 0.5) is 0 Å². The molecule has 0 aliphatic carbocycles. The van der Waals surface area contributed by atoms with Crippen LogP contribution in [-0.4, -0.2) is 61.0 Å². The van der Waals surface area contributed by atoms with Gasteiger partial charge in [0.2, 0.25) is 5.91 Å². The Balaban J connectivity index is 0.000000487. The Kier molecular flexibility index (Phi) is 9.73. The SMILES string of the molecule is COc1ccccc1CNC(=O)CNCC1CCCO1.O=C(O)C(=O)O. The Morgan fingerprint density at radius 2 is 1.92 bits per heavy atom. The van der Waals surface area contributed by atoms with Crippen LogP contribution in [0.2, 0.25) is 0 Å². The molecule has 0 aromatic heterocycles. The van der Waals surface area contributed by atoms with Gasteiger partial charge in [0.1, 0.15) is 5.75 Å². The summed E-state index contributed by atoms with van der Waals surface area (Å²) < 4.78 is 10.7. The second-order valence-corrected chi connectivity index (χ2v) is 5.46. The van der Waals surface area contributed by atoms with Crippen molar-refractivity contribution >= 4 is 17.8 Å². The van der Waals surface area contributed by atoms with Crippen molar-refractivity contribution in [3.8, 4) is 5.75 Å². The van der Waals surface area contributed by atoms with Crippen LogP contribution in [-0.2, 0) is 25.7 Å². The molecule has 1 heterocycles. The minimum absolute atomic E-state index is 0.0195. The summed E-state index contributed by atoms with van der Waals surface area (Å²) >= 11 is 0. The standard InChI is InChI=1S/C15H22N2O3.C2H2O4/c1-19-14-7-3-2-5-12(14)9-17-15(18)11-16-10-13-6-4-8-20-13;3-1(4)2(5)6/h2-3,5,7,13,16H,4,6,8-11H2,1H3,(H,17,18);(H,3,4)(H,5,6). The lowest BCUT2D eigenvalue weighted by molar-refractivity contribution is -0.159. The summed E-state index contributed by atoms with van der Waals surface area (Å²) in [6, 6.07) is 7.67. The van der Waals surface area contributed by atoms with Crippen LogP contribution in [0.1, 0.15) is 18.4 Å². The maximum atomic E-state index is 11.7. The quantitative estimate of drug-likeness (QED) is 0.503. The van der Waals surface area contributed by atoms with Crippen LogP contribution in [0.25, 0.3) is 0 Å². The number of carbonyl (C=O) groups is 3. The maximum absolute atomic E-state index is 11.7. The zero-order chi connectivity index (χ0) is 19.4. The van der Waals surface area contributed by atoms with Gasteiger partial charge in [-0.15, -0.1) is 0 Å². The number of para-hydroxylation sites is 1. The molecular formula is C17H24N2O7. The first kappa shape index (κ1) is 21.4. The number of amides is 1. The van der Waals surface area contributed by atoms with Crippen molar-refractivity contribution in [2.24, 2.45) is 0 Å². The molecule has 1 amide bonds. The summed E-state index contributed by atoms with van der Waals surface area (Å²) in [6.45, 7) is 2.37. The summed E-state index contributed by atoms with van der Waals surface area (Å²) in [6.07, 6.45) is 2.46. The van der Waals surface area contributed by atoms with E-state index >= 15 is 0 Å². The molecule has 144 valence electrons. The fourth-order valence-corrected chi connectivity index (χ4v) is 2.26. The molecule has 1 aromatic rings. The van der Waals surface area contributed by atoms with Gasteiger partial charge in [-0.3, -0.25) is 4.79 Å². The normalized spacial score (nSPS) is 15.5. The molecule has 1 fully saturated rings. The number of benzene rings is 1. The topological polar surface area (TPSA) is 134 Å². The van der Waals surface area contributed by atoms with Gasteiger partial charge in [0.25, 0.3) is 0 Å². The highest BCUT2D eigenvalue weighted by atomic mass is 16.5. The Bertz CT molecular complexity index is 589. The monoisotopic (exact) mass is 368 g/mol. The molecule has 0 spiro atoms. The summed E-state index contributed by atoms with van der Waals surface area (Å²) in [5.74, 6) is -2.88. The number of carboxylic acid groups (broad SMARTS) is 2. The lowest BCUT2D eigenvalue weighted by Gasteiger charge is -2.12. The molecule has 1 saturated heterocycles. The molecule has 26 heavy (non-hydrogen) atoms. The molecular weight excluding hydrogens is 344 g/mol. The summed E-state index contributed by atoms with van der Waals surface area (Å²) in [5, 5.41) is 20.8. The lowest BCUT2D eigenvalue weighted by Crippen LogP contribution is -2.36. The second-order valence-electron chi connectivity index (χ2n) is 5.46. The minimum Gasteiger partial charge on any atom is -0.496 e. The third-order valence-electron chi connectivity index (χ3n) is 3.53. The number of hydrogen-bond donors (Lipinski definition) is 4. The molecule has 1 unspecified atom stereocenters. The van der Waals surface area contributed by atoms with Crippen molar-refractivity contribution in [3.05, 3.63) is 29.8 Å². The Morgan fingerprint density at radius 1 is 1.23 bits per heavy atom. The molecule has 1 aromatic carbocycles. The van der Waals surface area contributed by atoms with E-state index in [4.69, 9.17) is 29.3 Å². The van der Waals surface area contributed by atoms with E-state index in [0.717, 1.165) is 37.3 Å². The molecule has 0 radical (unpaired) electrons. The van der Waals surface area contributed by atoms with E-state index in [2.05, 4.69) is 10.6 Å². The Hall–Kier alpha value is -2.65. The fraction of sp³-hybridized carbons (Fsp3) is 0.471. The number of rotatable bonds is 7. The third-order valence-corrected chi connectivity index (χ3v) is 3.53. The highest BCUT2D eigenvalue weighted by molar-refractivity contribution is 6.27. The van der Waals surface area contributed by atoms with Crippen molar-refractivity contribution in [2.45, 2.75) is 25.5 Å². The van der Waals surface area contributed by atoms with Gasteiger partial charge >= 0.3 is 11.9 Å². The number of aliphatic carboxylic acids is 2. The molecule has 0 saturated carbocycles. The number of carbonyl (C=O) groups excluding carboxylic acids is 1. The van der Waals surface area contributed by atoms with E-state index in [0.29, 0.717) is 13.1 Å². The zero-order valence-electron chi connectivity index (χ0n) is 14.6. The smallest absolute Gasteiger partial charge is 0.414 e. The van der Waals surface area contributed by atoms with Gasteiger partial charge in [0.15, 0.2) is 0 Å². The van der Waals surface area contributed by atoms with E-state index < -0.39 is 11.9 Å². The maximum Gasteiger partial charge on any atom is 0.414 e. The average molecular weight is 368 g/mol. The van der Waals surface area contributed by atoms with E-state index in [1.165, 1.54) is 0 Å². The molecule has 9 nitrogen and oxygen atoms in total. The van der Waals surface area contributed by atoms with Crippen molar-refractivity contribution in [3.63, 3.8) is 0 Å². The van der Waals surface area contributed by atoms with Crippen LogP contribution in [0.3, 0.4) is 0 Å². The average Bonchev–Trinajstić information content (AvgIpc) is 3.14. The van der Waals surface area contributed by atoms with Gasteiger partial charge in [-0.2, -0.15) is 0 Å². The van der Waals surface area contributed by atoms with Crippen molar-refractivity contribution in [1.82, 2.24) is 10.6 Å². The molecule has 0 bridgehead atoms. The lowest BCUT2D eigenvalue weighted by atomic mass is 10.2. The summed E-state index contributed by atoms with van der Waals surface area (Å²) in [4.78, 5) is 29.9. The van der Waals surface area contributed by atoms with Crippen LogP contribution < -0.4 is 15.4 Å². The highest BCUT2D eigenvalue weighted by Crippen LogP contribution is 2.16. The molecule has 9 heteroatoms. The largest absolute Gasteiger partial charge is 0.496 e. The first-order valence-corrected chi connectivity index (χ1v) is 8.11. The predicted molar refractivity (Wildman–Crippen MR) is 92.0 cm³/mol. The van der Waals surface area contributed by atoms with Gasteiger partial charge in [0, 0.05) is 25.3 Å². The minimum atomic E-state index is -1.82. The van der Waals surface area contributed by atoms with Gasteiger partial charge in [0.05, 0.1) is 19.8 Å². The van der Waals surface area contributed by atoms with Crippen molar-refractivity contribution in [2.75, 3.05) is 26.8 Å². The third kappa shape index (κ3) is 8.45. The second kappa shape index (κ2) is 11.8. The predicted octanol–water partition coefficient (Wildman–Crippen LogP) is 0.236. The van der Waals surface area contributed by atoms with Crippen molar-refractivity contribution in [1.29, 1.82) is 0 Å². The number of methoxy groups -OCH3 is 1. The summed E-state index contributed by atoms with van der Waals surface area (Å²) in [7, 11) is 1.63. The van der Waals surface area contributed by atoms with Gasteiger partial charge in [-0.05, 0) is 18.9 Å². The molecule has 1 aliphatic heterocycles. The molecule has 4 N–H and O–H groups in total. The first-order chi connectivity index (χ1) is 12.4. The van der Waals surface area contributed by atoms with E-state index in [1.54, 1.807) is 7.11 Å². The van der Waals surface area contributed by atoms with E-state index in [1.807, 2.05) is 24.3 Å². The van der Waals surface area contributed by atoms with Gasteiger partial charge in [-0.1, -0.05) is 18.2 Å². The first-order valence-electron chi connectivity index (χ1n) is 8.11. The van der Waals surface area contributed by atoms with Gasteiger partial charge in [-0.25, -0.2) is 9.59 Å². The van der Waals surface area contributed by atoms with E-state index in [-0.39, 0.29) is 12.0 Å². The van der Waals surface area contributed by atoms with Crippen LogP contribution in [0, 0.1) is 0 Å². The molecule has 1 aliphatic rings. The van der Waals surface area contributed by atoms with Crippen LogP contribution in [0.15, 0.2) is 24.3 Å². The highest BCUT2D eigenvalue weighted by Gasteiger charge is 2.15. The zero-order valence-corrected chi connectivity index (χ0v) is 14.6. The van der Waals surface area contributed by atoms with Crippen LogP contribution >= 0.6 is 0 Å². The number of hydrogen-bond acceptors (Lipinski definition) is 6. The molecule has 2 rings (SSSR count).